The molecule has 1 aromatic carbocycles. The molecule has 3 rings (SSSR count). The minimum Gasteiger partial charge on any atom is -0.320 e. The van der Waals surface area contributed by atoms with Crippen molar-refractivity contribution < 1.29 is 0 Å². The highest BCUT2D eigenvalue weighted by Crippen LogP contribution is 2.34. The maximum Gasteiger partial charge on any atom is 0.0931 e. The standard InChI is InChI=1S/C17H20ClNS/c18-16-11-10-15(20-16)17(19)14-8-6-13(7-9-14)12-4-2-1-3-5-12/h6-12,17H,1-5,19H2. The summed E-state index contributed by atoms with van der Waals surface area (Å²) in [5.41, 5.74) is 8.96. The molecule has 0 spiro atoms. The summed E-state index contributed by atoms with van der Waals surface area (Å²) >= 11 is 7.55. The zero-order valence-corrected chi connectivity index (χ0v) is 13.1. The van der Waals surface area contributed by atoms with Crippen LogP contribution in [0.5, 0.6) is 0 Å². The molecule has 2 N–H and O–H groups in total. The van der Waals surface area contributed by atoms with Gasteiger partial charge in [0.25, 0.3) is 0 Å². The summed E-state index contributed by atoms with van der Waals surface area (Å²) in [7, 11) is 0. The molecule has 1 unspecified atom stereocenters. The maximum absolute atomic E-state index is 6.31. The van der Waals surface area contributed by atoms with E-state index in [2.05, 4.69) is 24.3 Å². The van der Waals surface area contributed by atoms with Gasteiger partial charge in [-0.15, -0.1) is 11.3 Å². The molecule has 2 aromatic rings. The monoisotopic (exact) mass is 305 g/mol. The van der Waals surface area contributed by atoms with E-state index in [1.54, 1.807) is 11.3 Å². The van der Waals surface area contributed by atoms with Crippen LogP contribution in [0, 0.1) is 0 Å². The molecule has 1 aliphatic carbocycles. The molecule has 1 saturated carbocycles. The zero-order chi connectivity index (χ0) is 13.9. The van der Waals surface area contributed by atoms with Crippen molar-refractivity contribution >= 4 is 22.9 Å². The Morgan fingerprint density at radius 1 is 1.00 bits per heavy atom. The first-order valence-electron chi connectivity index (χ1n) is 7.35. The van der Waals surface area contributed by atoms with Crippen molar-refractivity contribution in [1.29, 1.82) is 0 Å². The number of halogens is 1. The van der Waals surface area contributed by atoms with E-state index in [4.69, 9.17) is 17.3 Å². The fourth-order valence-corrected chi connectivity index (χ4v) is 4.16. The summed E-state index contributed by atoms with van der Waals surface area (Å²) < 4.78 is 0.800. The summed E-state index contributed by atoms with van der Waals surface area (Å²) in [6.07, 6.45) is 6.83. The summed E-state index contributed by atoms with van der Waals surface area (Å²) in [5.74, 6) is 0.755. The van der Waals surface area contributed by atoms with Gasteiger partial charge in [0.05, 0.1) is 10.4 Å². The predicted octanol–water partition coefficient (Wildman–Crippen LogP) is 5.50. The third kappa shape index (κ3) is 3.08. The van der Waals surface area contributed by atoms with E-state index in [1.165, 1.54) is 43.2 Å². The molecular weight excluding hydrogens is 286 g/mol. The number of hydrogen-bond donors (Lipinski definition) is 1. The van der Waals surface area contributed by atoms with E-state index in [0.29, 0.717) is 0 Å². The second-order valence-electron chi connectivity index (χ2n) is 5.62. The predicted molar refractivity (Wildman–Crippen MR) is 87.6 cm³/mol. The molecule has 0 saturated heterocycles. The van der Waals surface area contributed by atoms with Crippen molar-refractivity contribution in [2.45, 2.75) is 44.1 Å². The van der Waals surface area contributed by atoms with Crippen LogP contribution < -0.4 is 5.73 Å². The molecule has 1 fully saturated rings. The number of hydrogen-bond acceptors (Lipinski definition) is 2. The molecular formula is C17H20ClNS. The van der Waals surface area contributed by atoms with Gasteiger partial charge in [0.1, 0.15) is 0 Å². The molecule has 20 heavy (non-hydrogen) atoms. The number of thiophene rings is 1. The van der Waals surface area contributed by atoms with Crippen LogP contribution in [0.1, 0.15) is 60.1 Å². The summed E-state index contributed by atoms with van der Waals surface area (Å²) in [6, 6.07) is 12.8. The van der Waals surface area contributed by atoms with Gasteiger partial charge >= 0.3 is 0 Å². The molecule has 1 heterocycles. The third-order valence-corrected chi connectivity index (χ3v) is 5.59. The second-order valence-corrected chi connectivity index (χ2v) is 7.37. The van der Waals surface area contributed by atoms with Crippen LogP contribution in [-0.2, 0) is 0 Å². The SMILES string of the molecule is NC(c1ccc(C2CCCCC2)cc1)c1ccc(Cl)s1. The lowest BCUT2D eigenvalue weighted by Crippen LogP contribution is -2.10. The minimum absolute atomic E-state index is 0.0621. The van der Waals surface area contributed by atoms with Gasteiger partial charge in [0, 0.05) is 4.88 Å². The maximum atomic E-state index is 6.31. The van der Waals surface area contributed by atoms with E-state index in [1.807, 2.05) is 12.1 Å². The topological polar surface area (TPSA) is 26.0 Å². The van der Waals surface area contributed by atoms with Crippen LogP contribution in [0.25, 0.3) is 0 Å². The van der Waals surface area contributed by atoms with Crippen LogP contribution in [-0.4, -0.2) is 0 Å². The highest BCUT2D eigenvalue weighted by atomic mass is 35.5. The van der Waals surface area contributed by atoms with Crippen molar-refractivity contribution in [1.82, 2.24) is 0 Å². The Bertz CT molecular complexity index is 555. The molecule has 0 bridgehead atoms. The fraction of sp³-hybridized carbons (Fsp3) is 0.412. The third-order valence-electron chi connectivity index (χ3n) is 4.27. The van der Waals surface area contributed by atoms with E-state index in [-0.39, 0.29) is 6.04 Å². The quantitative estimate of drug-likeness (QED) is 0.796. The summed E-state index contributed by atoms with van der Waals surface area (Å²) in [6.45, 7) is 0. The summed E-state index contributed by atoms with van der Waals surface area (Å²) in [4.78, 5) is 1.13. The Hall–Kier alpha value is -0.830. The van der Waals surface area contributed by atoms with E-state index in [0.717, 1.165) is 15.1 Å². The van der Waals surface area contributed by atoms with Gasteiger partial charge in [0.2, 0.25) is 0 Å². The van der Waals surface area contributed by atoms with Crippen LogP contribution in [0.4, 0.5) is 0 Å². The Morgan fingerprint density at radius 2 is 1.70 bits per heavy atom. The fourth-order valence-electron chi connectivity index (χ4n) is 3.07. The average molecular weight is 306 g/mol. The highest BCUT2D eigenvalue weighted by Gasteiger charge is 2.16. The first-order chi connectivity index (χ1) is 9.74. The van der Waals surface area contributed by atoms with Crippen molar-refractivity contribution in [2.24, 2.45) is 5.73 Å². The van der Waals surface area contributed by atoms with Crippen molar-refractivity contribution in [2.75, 3.05) is 0 Å². The van der Waals surface area contributed by atoms with Crippen LogP contribution >= 0.6 is 22.9 Å². The number of rotatable bonds is 3. The normalized spacial score (nSPS) is 18.1. The van der Waals surface area contributed by atoms with Gasteiger partial charge in [-0.2, -0.15) is 0 Å². The Morgan fingerprint density at radius 3 is 2.30 bits per heavy atom. The zero-order valence-electron chi connectivity index (χ0n) is 11.5. The summed E-state index contributed by atoms with van der Waals surface area (Å²) in [5, 5.41) is 0. The highest BCUT2D eigenvalue weighted by molar-refractivity contribution is 7.16. The van der Waals surface area contributed by atoms with Gasteiger partial charge in [0.15, 0.2) is 0 Å². The smallest absolute Gasteiger partial charge is 0.0931 e. The van der Waals surface area contributed by atoms with Gasteiger partial charge in [-0.05, 0) is 42.0 Å². The molecule has 0 amide bonds. The first kappa shape index (κ1) is 14.1. The van der Waals surface area contributed by atoms with E-state index < -0.39 is 0 Å². The van der Waals surface area contributed by atoms with Crippen LogP contribution in [0.2, 0.25) is 4.34 Å². The average Bonchev–Trinajstić information content (AvgIpc) is 2.94. The molecule has 0 radical (unpaired) electrons. The molecule has 3 heteroatoms. The Labute approximate surface area is 129 Å². The molecule has 1 atom stereocenters. The lowest BCUT2D eigenvalue weighted by molar-refractivity contribution is 0.443. The lowest BCUT2D eigenvalue weighted by Gasteiger charge is -2.22. The lowest BCUT2D eigenvalue weighted by atomic mass is 9.83. The van der Waals surface area contributed by atoms with Crippen molar-refractivity contribution in [3.05, 3.63) is 56.7 Å². The number of benzene rings is 1. The van der Waals surface area contributed by atoms with Gasteiger partial charge in [-0.3, -0.25) is 0 Å². The molecule has 1 aromatic heterocycles. The minimum atomic E-state index is -0.0621. The first-order valence-corrected chi connectivity index (χ1v) is 8.54. The van der Waals surface area contributed by atoms with Gasteiger partial charge in [-0.25, -0.2) is 0 Å². The molecule has 0 aliphatic heterocycles. The Balaban J connectivity index is 1.75. The Kier molecular flexibility index (Phi) is 4.45. The molecule has 106 valence electrons. The van der Waals surface area contributed by atoms with Crippen molar-refractivity contribution in [3.8, 4) is 0 Å². The second kappa shape index (κ2) is 6.30. The molecule has 1 aliphatic rings. The van der Waals surface area contributed by atoms with E-state index >= 15 is 0 Å². The van der Waals surface area contributed by atoms with Gasteiger partial charge in [-0.1, -0.05) is 55.1 Å². The largest absolute Gasteiger partial charge is 0.320 e. The van der Waals surface area contributed by atoms with Crippen LogP contribution in [0.3, 0.4) is 0 Å². The van der Waals surface area contributed by atoms with E-state index in [9.17, 15) is 0 Å². The van der Waals surface area contributed by atoms with Crippen LogP contribution in [0.15, 0.2) is 36.4 Å². The molecule has 1 nitrogen and oxygen atoms in total. The van der Waals surface area contributed by atoms with Gasteiger partial charge < -0.3 is 5.73 Å². The van der Waals surface area contributed by atoms with Crippen molar-refractivity contribution in [3.63, 3.8) is 0 Å². The number of nitrogens with two attached hydrogens (primary N) is 1.